The lowest BCUT2D eigenvalue weighted by Gasteiger charge is -2.21. The molecule has 3 heterocycles. The second kappa shape index (κ2) is 11.2. The molecule has 2 amide bonds. The van der Waals surface area contributed by atoms with Crippen LogP contribution in [0.2, 0.25) is 0 Å². The van der Waals surface area contributed by atoms with Crippen molar-refractivity contribution >= 4 is 18.1 Å². The average Bonchev–Trinajstić information content (AvgIpc) is 3.66. The fraction of sp³-hybridized carbons (Fsp3) is 0.321. The van der Waals surface area contributed by atoms with Crippen LogP contribution in [0.5, 0.6) is 5.88 Å². The molecule has 3 atom stereocenters. The van der Waals surface area contributed by atoms with E-state index in [0.717, 1.165) is 11.8 Å². The minimum absolute atomic E-state index is 0.0469. The number of aliphatic hydroxyl groups is 1. The van der Waals surface area contributed by atoms with Crippen LogP contribution in [-0.4, -0.2) is 70.4 Å². The number of carbonyl (C=O) groups is 1. The summed E-state index contributed by atoms with van der Waals surface area (Å²) in [5.74, 6) is -1.44. The molecule has 9 nitrogen and oxygen atoms in total. The van der Waals surface area contributed by atoms with E-state index >= 15 is 0 Å². The highest BCUT2D eigenvalue weighted by atomic mass is 19.2. The van der Waals surface area contributed by atoms with Gasteiger partial charge in [0.15, 0.2) is 11.6 Å². The van der Waals surface area contributed by atoms with Gasteiger partial charge >= 0.3 is 6.03 Å². The van der Waals surface area contributed by atoms with Gasteiger partial charge in [0.05, 0.1) is 35.6 Å². The van der Waals surface area contributed by atoms with Gasteiger partial charge < -0.3 is 20.1 Å². The molecule has 0 aliphatic carbocycles. The van der Waals surface area contributed by atoms with Crippen LogP contribution in [0, 0.1) is 18.6 Å². The number of hydrogen-bond acceptors (Lipinski definition) is 6. The number of allylic oxidation sites excluding steroid dienone is 1. The van der Waals surface area contributed by atoms with Gasteiger partial charge in [0.25, 0.3) is 0 Å². The largest absolute Gasteiger partial charge is 0.474 e. The van der Waals surface area contributed by atoms with Gasteiger partial charge in [-0.15, -0.1) is 5.10 Å². The van der Waals surface area contributed by atoms with Crippen molar-refractivity contribution in [3.05, 3.63) is 83.1 Å². The number of nitrogens with zero attached hydrogens (tertiary/aromatic N) is 4. The van der Waals surface area contributed by atoms with Crippen LogP contribution < -0.4 is 15.4 Å². The molecule has 204 valence electrons. The van der Waals surface area contributed by atoms with E-state index in [1.54, 1.807) is 30.8 Å². The van der Waals surface area contributed by atoms with Crippen LogP contribution in [0.1, 0.15) is 24.0 Å². The zero-order valence-electron chi connectivity index (χ0n) is 21.6. The van der Waals surface area contributed by atoms with Crippen LogP contribution >= 0.6 is 0 Å². The summed E-state index contributed by atoms with van der Waals surface area (Å²) in [6.45, 7) is 4.99. The van der Waals surface area contributed by atoms with Gasteiger partial charge in [-0.25, -0.2) is 18.3 Å². The van der Waals surface area contributed by atoms with Crippen molar-refractivity contribution < 1.29 is 23.4 Å². The Labute approximate surface area is 224 Å². The Kier molecular flexibility index (Phi) is 7.60. The molecule has 3 aromatic rings. The van der Waals surface area contributed by atoms with Crippen LogP contribution in [0.4, 0.5) is 19.4 Å². The summed E-state index contributed by atoms with van der Waals surface area (Å²) in [7, 11) is 0. The standard InChI is InChI=1S/C28H30F2N6O3/c1-17(37)16-39-27-18(2)26(36(34-27)20-6-4-3-5-7-20)33-28(38)32-25-15-35(21-10-11-31-13-21)14-22(25)19-8-9-23(29)24(30)12-19/h3-10,12-13,17,22,25,37H,11,14-16H2,1-2H3,(H2,32,33,38)/t17-,22-,25+/m0/s1. The summed E-state index contributed by atoms with van der Waals surface area (Å²) in [6, 6.07) is 12.2. The summed E-state index contributed by atoms with van der Waals surface area (Å²) < 4.78 is 35.0. The number of ether oxygens (including phenoxy) is 1. The lowest BCUT2D eigenvalue weighted by atomic mass is 9.94. The zero-order valence-corrected chi connectivity index (χ0v) is 21.6. The number of urea groups is 1. The predicted molar refractivity (Wildman–Crippen MR) is 144 cm³/mol. The molecule has 0 spiro atoms. The summed E-state index contributed by atoms with van der Waals surface area (Å²) in [5.41, 5.74) is 2.83. The van der Waals surface area contributed by atoms with Crippen molar-refractivity contribution in [2.24, 2.45) is 4.99 Å². The summed E-state index contributed by atoms with van der Waals surface area (Å²) in [5, 5.41) is 20.1. The molecule has 11 heteroatoms. The lowest BCUT2D eigenvalue weighted by molar-refractivity contribution is 0.119. The van der Waals surface area contributed by atoms with Gasteiger partial charge in [-0.1, -0.05) is 24.3 Å². The number of halogens is 2. The molecule has 0 saturated carbocycles. The molecule has 1 fully saturated rings. The Morgan fingerprint density at radius 3 is 2.67 bits per heavy atom. The van der Waals surface area contributed by atoms with Crippen LogP contribution in [0.3, 0.4) is 0 Å². The first-order valence-electron chi connectivity index (χ1n) is 12.7. The van der Waals surface area contributed by atoms with Crippen LogP contribution in [0.15, 0.2) is 65.3 Å². The van der Waals surface area contributed by atoms with Gasteiger partial charge in [0.2, 0.25) is 5.88 Å². The number of hydrogen-bond donors (Lipinski definition) is 3. The molecule has 2 aromatic carbocycles. The number of anilines is 1. The second-order valence-corrected chi connectivity index (χ2v) is 9.70. The molecule has 0 radical (unpaired) electrons. The van der Waals surface area contributed by atoms with Gasteiger partial charge in [-0.2, -0.15) is 0 Å². The van der Waals surface area contributed by atoms with Gasteiger partial charge in [-0.05, 0) is 49.8 Å². The minimum Gasteiger partial charge on any atom is -0.474 e. The number of aliphatic imine (C=N–C) groups is 1. The maximum absolute atomic E-state index is 14.1. The third kappa shape index (κ3) is 5.78. The van der Waals surface area contributed by atoms with E-state index < -0.39 is 29.8 Å². The predicted octanol–water partition coefficient (Wildman–Crippen LogP) is 3.78. The molecule has 0 bridgehead atoms. The molecule has 2 aliphatic rings. The molecule has 39 heavy (non-hydrogen) atoms. The lowest BCUT2D eigenvalue weighted by Crippen LogP contribution is -2.42. The van der Waals surface area contributed by atoms with E-state index in [0.29, 0.717) is 42.3 Å². The minimum atomic E-state index is -0.928. The average molecular weight is 537 g/mol. The van der Waals surface area contributed by atoms with Crippen molar-refractivity contribution in [1.82, 2.24) is 20.0 Å². The molecular weight excluding hydrogens is 506 g/mol. The van der Waals surface area contributed by atoms with Crippen LogP contribution in [-0.2, 0) is 0 Å². The van der Waals surface area contributed by atoms with E-state index in [4.69, 9.17) is 4.74 Å². The van der Waals surface area contributed by atoms with Crippen molar-refractivity contribution in [3.63, 3.8) is 0 Å². The molecule has 3 N–H and O–H groups in total. The van der Waals surface area contributed by atoms with Crippen molar-refractivity contribution in [3.8, 4) is 11.6 Å². The fourth-order valence-electron chi connectivity index (χ4n) is 4.82. The SMILES string of the molecule is Cc1c(OC[C@H](C)O)nn(-c2ccccc2)c1NC(=O)N[C@@H]1CN(C2=CCN=C2)C[C@H]1c1ccc(F)c(F)c1. The molecule has 0 unspecified atom stereocenters. The molecule has 1 aromatic heterocycles. The first-order valence-corrected chi connectivity index (χ1v) is 12.7. The number of para-hydroxylation sites is 1. The third-order valence-electron chi connectivity index (χ3n) is 6.78. The normalized spacial score (nSPS) is 19.2. The number of likely N-dealkylation sites (tertiary alicyclic amines) is 1. The topological polar surface area (TPSA) is 104 Å². The summed E-state index contributed by atoms with van der Waals surface area (Å²) in [6.07, 6.45) is 3.08. The maximum Gasteiger partial charge on any atom is 0.320 e. The Morgan fingerprint density at radius 1 is 1.18 bits per heavy atom. The van der Waals surface area contributed by atoms with E-state index in [9.17, 15) is 18.7 Å². The Bertz CT molecular complexity index is 1410. The number of nitrogens with one attached hydrogen (secondary N) is 2. The van der Waals surface area contributed by atoms with Crippen molar-refractivity contribution in [1.29, 1.82) is 0 Å². The smallest absolute Gasteiger partial charge is 0.320 e. The number of carbonyl (C=O) groups excluding carboxylic acids is 1. The van der Waals surface area contributed by atoms with Gasteiger partial charge in [0.1, 0.15) is 12.4 Å². The molecule has 5 rings (SSSR count). The second-order valence-electron chi connectivity index (χ2n) is 9.70. The van der Waals surface area contributed by atoms with Gasteiger partial charge in [0, 0.05) is 25.2 Å². The summed E-state index contributed by atoms with van der Waals surface area (Å²) in [4.78, 5) is 19.7. The first-order chi connectivity index (χ1) is 18.8. The highest BCUT2D eigenvalue weighted by Crippen LogP contribution is 2.32. The number of aromatic nitrogens is 2. The maximum atomic E-state index is 14.1. The molecule has 1 saturated heterocycles. The third-order valence-corrected chi connectivity index (χ3v) is 6.78. The highest BCUT2D eigenvalue weighted by Gasteiger charge is 2.36. The summed E-state index contributed by atoms with van der Waals surface area (Å²) >= 11 is 0. The van der Waals surface area contributed by atoms with Crippen molar-refractivity contribution in [2.75, 3.05) is 31.6 Å². The van der Waals surface area contributed by atoms with E-state index in [2.05, 4.69) is 25.6 Å². The van der Waals surface area contributed by atoms with E-state index in [1.165, 1.54) is 6.07 Å². The Balaban J connectivity index is 1.40. The quantitative estimate of drug-likeness (QED) is 0.407. The number of aliphatic hydroxyl groups excluding tert-OH is 1. The van der Waals surface area contributed by atoms with E-state index in [1.807, 2.05) is 36.4 Å². The molecular formula is C28H30F2N6O3. The van der Waals surface area contributed by atoms with Gasteiger partial charge in [-0.3, -0.25) is 10.3 Å². The fourth-order valence-corrected chi connectivity index (χ4v) is 4.82. The number of rotatable bonds is 8. The Hall–Kier alpha value is -4.25. The van der Waals surface area contributed by atoms with Crippen molar-refractivity contribution in [2.45, 2.75) is 31.9 Å². The first kappa shape index (κ1) is 26.4. The van der Waals surface area contributed by atoms with E-state index in [-0.39, 0.29) is 18.4 Å². The van der Waals surface area contributed by atoms with Crippen LogP contribution in [0.25, 0.3) is 5.69 Å². The highest BCUT2D eigenvalue weighted by molar-refractivity contribution is 5.90. The number of benzene rings is 2. The zero-order chi connectivity index (χ0) is 27.5. The monoisotopic (exact) mass is 536 g/mol. The Morgan fingerprint density at radius 2 is 1.97 bits per heavy atom. The molecule has 2 aliphatic heterocycles. The number of amides is 2.